The third-order valence-corrected chi connectivity index (χ3v) is 11.0. The van der Waals surface area contributed by atoms with Gasteiger partial charge in [0.15, 0.2) is 11.6 Å². The van der Waals surface area contributed by atoms with Crippen molar-refractivity contribution < 1.29 is 0 Å². The quantitative estimate of drug-likeness (QED) is 0.191. The molecule has 3 heterocycles. The third kappa shape index (κ3) is 4.31. The Balaban J connectivity index is 1.15. The van der Waals surface area contributed by atoms with Gasteiger partial charge in [-0.25, -0.2) is 9.97 Å². The molecule has 5 nitrogen and oxygen atoms in total. The van der Waals surface area contributed by atoms with Crippen LogP contribution in [-0.2, 0) is 5.41 Å². The van der Waals surface area contributed by atoms with E-state index in [-0.39, 0.29) is 5.41 Å². The van der Waals surface area contributed by atoms with Crippen LogP contribution < -0.4 is 0 Å². The van der Waals surface area contributed by atoms with Crippen molar-refractivity contribution in [3.8, 4) is 50.4 Å². The lowest BCUT2D eigenvalue weighted by Crippen LogP contribution is -2.15. The van der Waals surface area contributed by atoms with Crippen molar-refractivity contribution in [1.82, 2.24) is 24.5 Å². The minimum atomic E-state index is -0.212. The Morgan fingerprint density at radius 1 is 0.510 bits per heavy atom. The second-order valence-corrected chi connectivity index (χ2v) is 14.2. The van der Waals surface area contributed by atoms with Gasteiger partial charge in [-0.2, -0.15) is 9.97 Å². The van der Waals surface area contributed by atoms with Gasteiger partial charge in [0.25, 0.3) is 0 Å². The molecule has 0 saturated carbocycles. The van der Waals surface area contributed by atoms with Crippen molar-refractivity contribution in [2.75, 3.05) is 0 Å². The normalized spacial score (nSPS) is 13.3. The lowest BCUT2D eigenvalue weighted by atomic mass is 9.82. The van der Waals surface area contributed by atoms with Crippen molar-refractivity contribution in [2.24, 2.45) is 0 Å². The Kier molecular flexibility index (Phi) is 6.02. The number of fused-ring (bicyclic) bond motifs is 7. The Morgan fingerprint density at radius 3 is 1.80 bits per heavy atom. The predicted octanol–water partition coefficient (Wildman–Crippen LogP) is 10.9. The molecule has 0 unspecified atom stereocenters. The van der Waals surface area contributed by atoms with E-state index in [4.69, 9.17) is 19.9 Å². The fourth-order valence-corrected chi connectivity index (χ4v) is 8.44. The molecule has 0 aliphatic heterocycles. The van der Waals surface area contributed by atoms with Crippen LogP contribution in [0.5, 0.6) is 0 Å². The first-order valence-electron chi connectivity index (χ1n) is 16.5. The molecule has 6 aromatic carbocycles. The van der Waals surface area contributed by atoms with E-state index in [0.29, 0.717) is 17.6 Å². The Bertz CT molecular complexity index is 2690. The summed E-state index contributed by atoms with van der Waals surface area (Å²) in [6, 6.07) is 48.8. The molecular weight excluding hydrogens is 619 g/mol. The highest BCUT2D eigenvalue weighted by atomic mass is 32.1. The molecule has 232 valence electrons. The maximum absolute atomic E-state index is 5.20. The van der Waals surface area contributed by atoms with Crippen LogP contribution in [-0.4, -0.2) is 24.5 Å². The number of aromatic nitrogens is 5. The second kappa shape index (κ2) is 10.5. The molecule has 1 aliphatic rings. The molecule has 6 heteroatoms. The number of para-hydroxylation sites is 2. The van der Waals surface area contributed by atoms with E-state index in [1.807, 2.05) is 24.3 Å². The summed E-state index contributed by atoms with van der Waals surface area (Å²) in [7, 11) is 0. The van der Waals surface area contributed by atoms with Crippen molar-refractivity contribution in [2.45, 2.75) is 19.3 Å². The van der Waals surface area contributed by atoms with Crippen molar-refractivity contribution in [3.63, 3.8) is 0 Å². The third-order valence-electron chi connectivity index (χ3n) is 9.90. The lowest BCUT2D eigenvalue weighted by Gasteiger charge is -2.22. The first kappa shape index (κ1) is 28.1. The van der Waals surface area contributed by atoms with Crippen LogP contribution >= 0.6 is 11.3 Å². The second-order valence-electron chi connectivity index (χ2n) is 13.2. The summed E-state index contributed by atoms with van der Waals surface area (Å²) >= 11 is 1.76. The highest BCUT2D eigenvalue weighted by Gasteiger charge is 2.36. The predicted molar refractivity (Wildman–Crippen MR) is 201 cm³/mol. The summed E-state index contributed by atoms with van der Waals surface area (Å²) in [5, 5.41) is 3.39. The maximum Gasteiger partial charge on any atom is 0.238 e. The molecule has 1 aliphatic carbocycles. The van der Waals surface area contributed by atoms with Gasteiger partial charge in [-0.05, 0) is 52.6 Å². The van der Waals surface area contributed by atoms with E-state index in [2.05, 4.69) is 134 Å². The van der Waals surface area contributed by atoms with Crippen LogP contribution in [0.4, 0.5) is 0 Å². The smallest absolute Gasteiger partial charge is 0.238 e. The molecule has 0 N–H and O–H groups in total. The van der Waals surface area contributed by atoms with Crippen LogP contribution in [0.3, 0.4) is 0 Å². The summed E-state index contributed by atoms with van der Waals surface area (Å²) in [6.07, 6.45) is 0. The molecule has 0 fully saturated rings. The molecule has 10 rings (SSSR count). The number of thiazole rings is 1. The molecule has 0 atom stereocenters. The standard InChI is InChI=1S/C43H29N5S/c1-43(2)33-23-28(21-22-29(33)32-24-35-38(25-34(32)43)49-41(44-35)27-15-7-4-8-16-27)40-45-39(26-13-5-3-6-14-26)46-42(47-40)48-36-19-11-9-17-30(36)31-18-10-12-20-37(31)48/h3-25H,1-2H3. The molecule has 0 spiro atoms. The number of nitrogens with zero attached hydrogens (tertiary/aromatic N) is 5. The lowest BCUT2D eigenvalue weighted by molar-refractivity contribution is 0.661. The minimum absolute atomic E-state index is 0.212. The summed E-state index contributed by atoms with van der Waals surface area (Å²) in [6.45, 7) is 4.64. The van der Waals surface area contributed by atoms with Crippen LogP contribution in [0.1, 0.15) is 25.0 Å². The van der Waals surface area contributed by atoms with Crippen molar-refractivity contribution in [3.05, 3.63) is 151 Å². The fraction of sp³-hybridized carbons (Fsp3) is 0.0698. The van der Waals surface area contributed by atoms with Crippen LogP contribution in [0.25, 0.3) is 82.4 Å². The average molecular weight is 648 g/mol. The van der Waals surface area contributed by atoms with Crippen LogP contribution in [0, 0.1) is 0 Å². The first-order chi connectivity index (χ1) is 24.0. The van der Waals surface area contributed by atoms with Crippen molar-refractivity contribution in [1.29, 1.82) is 0 Å². The van der Waals surface area contributed by atoms with Gasteiger partial charge in [-0.3, -0.25) is 4.57 Å². The van der Waals surface area contributed by atoms with Crippen LogP contribution in [0.2, 0.25) is 0 Å². The summed E-state index contributed by atoms with van der Waals surface area (Å²) in [5.74, 6) is 1.89. The van der Waals surface area contributed by atoms with E-state index < -0.39 is 0 Å². The topological polar surface area (TPSA) is 56.5 Å². The van der Waals surface area contributed by atoms with Gasteiger partial charge in [0.05, 0.1) is 21.3 Å². The zero-order chi connectivity index (χ0) is 32.7. The van der Waals surface area contributed by atoms with E-state index >= 15 is 0 Å². The highest BCUT2D eigenvalue weighted by Crippen LogP contribution is 2.51. The molecule has 49 heavy (non-hydrogen) atoms. The molecule has 0 radical (unpaired) electrons. The summed E-state index contributed by atoms with van der Waals surface area (Å²) in [4.78, 5) is 20.4. The number of hydrogen-bond acceptors (Lipinski definition) is 5. The van der Waals surface area contributed by atoms with Gasteiger partial charge in [0.1, 0.15) is 5.01 Å². The Morgan fingerprint density at radius 2 is 1.10 bits per heavy atom. The highest BCUT2D eigenvalue weighted by molar-refractivity contribution is 7.21. The monoisotopic (exact) mass is 647 g/mol. The van der Waals surface area contributed by atoms with E-state index in [1.54, 1.807) is 11.3 Å². The van der Waals surface area contributed by atoms with Gasteiger partial charge in [-0.15, -0.1) is 11.3 Å². The molecule has 0 bridgehead atoms. The molecule has 0 amide bonds. The summed E-state index contributed by atoms with van der Waals surface area (Å²) in [5.41, 5.74) is 11.1. The number of hydrogen-bond donors (Lipinski definition) is 0. The molecular formula is C43H29N5S. The zero-order valence-corrected chi connectivity index (χ0v) is 27.7. The van der Waals surface area contributed by atoms with E-state index in [9.17, 15) is 0 Å². The SMILES string of the molecule is CC1(C)c2cc(-c3nc(-c4ccccc4)nc(-n4c5ccccc5c5ccccc54)n3)ccc2-c2cc3nc(-c4ccccc4)sc3cc21. The molecule has 3 aromatic heterocycles. The molecule has 0 saturated heterocycles. The number of rotatable bonds is 4. The van der Waals surface area contributed by atoms with Gasteiger partial charge >= 0.3 is 0 Å². The maximum atomic E-state index is 5.20. The van der Waals surface area contributed by atoms with Gasteiger partial charge in [0.2, 0.25) is 5.95 Å². The largest absolute Gasteiger partial charge is 0.278 e. The van der Waals surface area contributed by atoms with Gasteiger partial charge in [-0.1, -0.05) is 123 Å². The van der Waals surface area contributed by atoms with Gasteiger partial charge in [0, 0.05) is 32.9 Å². The number of benzene rings is 6. The first-order valence-corrected chi connectivity index (χ1v) is 17.3. The zero-order valence-electron chi connectivity index (χ0n) is 26.9. The van der Waals surface area contributed by atoms with E-state index in [0.717, 1.165) is 38.2 Å². The molecule has 9 aromatic rings. The van der Waals surface area contributed by atoms with Crippen molar-refractivity contribution >= 4 is 43.4 Å². The van der Waals surface area contributed by atoms with Gasteiger partial charge < -0.3 is 0 Å². The Hall–Kier alpha value is -5.98. The van der Waals surface area contributed by atoms with Crippen LogP contribution in [0.15, 0.2) is 140 Å². The van der Waals surface area contributed by atoms with E-state index in [1.165, 1.54) is 37.7 Å². The Labute approximate surface area is 287 Å². The summed E-state index contributed by atoms with van der Waals surface area (Å²) < 4.78 is 3.37. The minimum Gasteiger partial charge on any atom is -0.278 e. The fourth-order valence-electron chi connectivity index (χ4n) is 7.45. The average Bonchev–Trinajstić information content (AvgIpc) is 3.79.